The van der Waals surface area contributed by atoms with Gasteiger partial charge >= 0.3 is 6.03 Å². The molecule has 6 heteroatoms. The highest BCUT2D eigenvalue weighted by Crippen LogP contribution is 2.27. The van der Waals surface area contributed by atoms with Crippen molar-refractivity contribution >= 4 is 17.4 Å². The van der Waals surface area contributed by atoms with E-state index in [4.69, 9.17) is 9.84 Å². The lowest BCUT2D eigenvalue weighted by molar-refractivity contribution is 0.262. The lowest BCUT2D eigenvalue weighted by atomic mass is 10.2. The van der Waals surface area contributed by atoms with Crippen molar-refractivity contribution < 1.29 is 19.0 Å². The summed E-state index contributed by atoms with van der Waals surface area (Å²) in [5.74, 6) is -0.275. The molecule has 2 amide bonds. The molecule has 0 unspecified atom stereocenters. The Kier molecular flexibility index (Phi) is 4.05. The smallest absolute Gasteiger partial charge is 0.323 e. The minimum atomic E-state index is -0.612. The van der Waals surface area contributed by atoms with Crippen LogP contribution in [-0.2, 0) is 0 Å². The van der Waals surface area contributed by atoms with Crippen LogP contribution < -0.4 is 15.4 Å². The molecule has 0 aromatic heterocycles. The van der Waals surface area contributed by atoms with Gasteiger partial charge in [-0.05, 0) is 36.4 Å². The number of carbonyl (C=O) groups excluding carboxylic acids is 1. The molecule has 5 nitrogen and oxygen atoms in total. The number of methoxy groups -OCH3 is 1. The predicted octanol–water partition coefficient (Wildman–Crippen LogP) is 3.18. The molecule has 0 aliphatic rings. The third-order valence-electron chi connectivity index (χ3n) is 2.56. The Labute approximate surface area is 115 Å². The third kappa shape index (κ3) is 3.17. The van der Waals surface area contributed by atoms with Gasteiger partial charge in [-0.15, -0.1) is 0 Å². The monoisotopic (exact) mass is 276 g/mol. The van der Waals surface area contributed by atoms with Crippen LogP contribution in [0.1, 0.15) is 0 Å². The molecule has 2 aromatic rings. The van der Waals surface area contributed by atoms with Crippen LogP contribution in [0.15, 0.2) is 42.5 Å². The Hall–Kier alpha value is -2.76. The Bertz CT molecular complexity index is 614. The number of para-hydroxylation sites is 1. The second-order valence-electron chi connectivity index (χ2n) is 3.94. The average molecular weight is 276 g/mol. The lowest BCUT2D eigenvalue weighted by Gasteiger charge is -2.11. The van der Waals surface area contributed by atoms with Gasteiger partial charge in [0.05, 0.1) is 7.11 Å². The molecule has 2 aromatic carbocycles. The molecule has 0 heterocycles. The summed E-state index contributed by atoms with van der Waals surface area (Å²) in [6.07, 6.45) is 0. The maximum Gasteiger partial charge on any atom is 0.323 e. The summed E-state index contributed by atoms with van der Waals surface area (Å²) in [6, 6.07) is 9.54. The highest BCUT2D eigenvalue weighted by Gasteiger charge is 2.12. The summed E-state index contributed by atoms with van der Waals surface area (Å²) in [7, 11) is 1.39. The summed E-state index contributed by atoms with van der Waals surface area (Å²) in [4.78, 5) is 11.8. The number of phenols is 1. The number of carbonyl (C=O) groups is 1. The first-order valence-electron chi connectivity index (χ1n) is 5.79. The molecule has 0 spiro atoms. The maximum absolute atomic E-state index is 13.6. The Morgan fingerprint density at radius 3 is 2.50 bits per heavy atom. The van der Waals surface area contributed by atoms with Crippen molar-refractivity contribution in [2.24, 2.45) is 0 Å². The molecule has 0 atom stereocenters. The third-order valence-corrected chi connectivity index (χ3v) is 2.56. The lowest BCUT2D eigenvalue weighted by Crippen LogP contribution is -2.20. The second kappa shape index (κ2) is 5.92. The topological polar surface area (TPSA) is 70.6 Å². The van der Waals surface area contributed by atoms with E-state index < -0.39 is 11.8 Å². The summed E-state index contributed by atoms with van der Waals surface area (Å²) in [5, 5.41) is 14.0. The number of urea groups is 1. The van der Waals surface area contributed by atoms with Crippen LogP contribution in [0.4, 0.5) is 20.6 Å². The molecule has 2 rings (SSSR count). The SMILES string of the molecule is COc1cccc(F)c1NC(=O)Nc1ccc(O)cc1. The van der Waals surface area contributed by atoms with Crippen LogP contribution in [0, 0.1) is 5.82 Å². The first-order chi connectivity index (χ1) is 9.60. The number of amides is 2. The molecule has 0 saturated heterocycles. The van der Waals surface area contributed by atoms with E-state index in [2.05, 4.69) is 10.6 Å². The molecule has 0 aliphatic carbocycles. The Morgan fingerprint density at radius 2 is 1.85 bits per heavy atom. The van der Waals surface area contributed by atoms with Crippen molar-refractivity contribution in [3.63, 3.8) is 0 Å². The zero-order chi connectivity index (χ0) is 14.5. The minimum Gasteiger partial charge on any atom is -0.508 e. The minimum absolute atomic E-state index is 0.0359. The van der Waals surface area contributed by atoms with Crippen LogP contribution in [-0.4, -0.2) is 18.2 Å². The van der Waals surface area contributed by atoms with Crippen LogP contribution in [0.5, 0.6) is 11.5 Å². The summed E-state index contributed by atoms with van der Waals surface area (Å²) < 4.78 is 18.6. The van der Waals surface area contributed by atoms with E-state index in [0.717, 1.165) is 0 Å². The summed E-state index contributed by atoms with van der Waals surface area (Å²) >= 11 is 0. The molecule has 0 radical (unpaired) electrons. The first kappa shape index (κ1) is 13.7. The van der Waals surface area contributed by atoms with Crippen molar-refractivity contribution in [3.05, 3.63) is 48.3 Å². The van der Waals surface area contributed by atoms with E-state index in [1.807, 2.05) is 0 Å². The summed E-state index contributed by atoms with van der Waals surface area (Å²) in [5.41, 5.74) is 0.432. The molecule has 0 fully saturated rings. The zero-order valence-corrected chi connectivity index (χ0v) is 10.7. The molecular formula is C14H13FN2O3. The second-order valence-corrected chi connectivity index (χ2v) is 3.94. The van der Waals surface area contributed by atoms with E-state index in [0.29, 0.717) is 5.69 Å². The average Bonchev–Trinajstić information content (AvgIpc) is 2.43. The van der Waals surface area contributed by atoms with E-state index in [-0.39, 0.29) is 17.2 Å². The van der Waals surface area contributed by atoms with Gasteiger partial charge in [-0.3, -0.25) is 0 Å². The van der Waals surface area contributed by atoms with Gasteiger partial charge in [0.25, 0.3) is 0 Å². The number of nitrogens with one attached hydrogen (secondary N) is 2. The van der Waals surface area contributed by atoms with Gasteiger partial charge in [0.1, 0.15) is 17.2 Å². The summed E-state index contributed by atoms with van der Waals surface area (Å²) in [6.45, 7) is 0. The van der Waals surface area contributed by atoms with E-state index in [1.165, 1.54) is 43.5 Å². The highest BCUT2D eigenvalue weighted by molar-refractivity contribution is 6.00. The molecular weight excluding hydrogens is 263 g/mol. The van der Waals surface area contributed by atoms with Gasteiger partial charge in [0.15, 0.2) is 5.82 Å². The van der Waals surface area contributed by atoms with Gasteiger partial charge in [-0.1, -0.05) is 6.07 Å². The van der Waals surface area contributed by atoms with Gasteiger partial charge in [0.2, 0.25) is 0 Å². The quantitative estimate of drug-likeness (QED) is 0.754. The molecule has 0 bridgehead atoms. The van der Waals surface area contributed by atoms with Crippen molar-refractivity contribution in [1.82, 2.24) is 0 Å². The zero-order valence-electron chi connectivity index (χ0n) is 10.7. The van der Waals surface area contributed by atoms with Crippen molar-refractivity contribution in [2.45, 2.75) is 0 Å². The number of aromatic hydroxyl groups is 1. The molecule has 0 saturated carbocycles. The standard InChI is InChI=1S/C14H13FN2O3/c1-20-12-4-2-3-11(15)13(12)17-14(19)16-9-5-7-10(18)8-6-9/h2-8,18H,1H3,(H2,16,17,19). The number of rotatable bonds is 3. The molecule has 0 aliphatic heterocycles. The van der Waals surface area contributed by atoms with Crippen LogP contribution in [0.2, 0.25) is 0 Å². The fourth-order valence-corrected chi connectivity index (χ4v) is 1.62. The number of benzene rings is 2. The van der Waals surface area contributed by atoms with E-state index in [9.17, 15) is 9.18 Å². The number of hydrogen-bond donors (Lipinski definition) is 3. The highest BCUT2D eigenvalue weighted by atomic mass is 19.1. The van der Waals surface area contributed by atoms with Gasteiger partial charge in [0, 0.05) is 5.69 Å². The number of hydrogen-bond acceptors (Lipinski definition) is 3. The molecule has 20 heavy (non-hydrogen) atoms. The fraction of sp³-hybridized carbons (Fsp3) is 0.0714. The van der Waals surface area contributed by atoms with E-state index >= 15 is 0 Å². The maximum atomic E-state index is 13.6. The van der Waals surface area contributed by atoms with Crippen LogP contribution in [0.3, 0.4) is 0 Å². The molecule has 104 valence electrons. The molecule has 3 N–H and O–H groups in total. The van der Waals surface area contributed by atoms with Crippen LogP contribution >= 0.6 is 0 Å². The van der Waals surface area contributed by atoms with Gasteiger partial charge in [-0.25, -0.2) is 9.18 Å². The van der Waals surface area contributed by atoms with E-state index in [1.54, 1.807) is 6.07 Å². The van der Waals surface area contributed by atoms with Crippen LogP contribution in [0.25, 0.3) is 0 Å². The number of phenolic OH excluding ortho intramolecular Hbond substituents is 1. The van der Waals surface area contributed by atoms with Gasteiger partial charge in [-0.2, -0.15) is 0 Å². The fourth-order valence-electron chi connectivity index (χ4n) is 1.62. The largest absolute Gasteiger partial charge is 0.508 e. The first-order valence-corrected chi connectivity index (χ1v) is 5.79. The Balaban J connectivity index is 2.10. The van der Waals surface area contributed by atoms with Gasteiger partial charge < -0.3 is 20.5 Å². The number of halogens is 1. The predicted molar refractivity (Wildman–Crippen MR) is 73.7 cm³/mol. The Morgan fingerprint density at radius 1 is 1.15 bits per heavy atom. The number of anilines is 2. The number of ether oxygens (including phenoxy) is 1. The normalized spacial score (nSPS) is 9.90. The van der Waals surface area contributed by atoms with Crippen molar-refractivity contribution in [1.29, 1.82) is 0 Å². The van der Waals surface area contributed by atoms with Crippen molar-refractivity contribution in [3.8, 4) is 11.5 Å². The van der Waals surface area contributed by atoms with Crippen molar-refractivity contribution in [2.75, 3.05) is 17.7 Å².